The van der Waals surface area contributed by atoms with Crippen LogP contribution in [0.3, 0.4) is 0 Å². The number of para-hydroxylation sites is 1. The molecule has 1 aromatic rings. The third kappa shape index (κ3) is 1.66. The lowest BCUT2D eigenvalue weighted by Gasteiger charge is -2.17. The maximum atomic E-state index is 12.0. The van der Waals surface area contributed by atoms with Gasteiger partial charge in [0.05, 0.1) is 12.5 Å². The Hall–Kier alpha value is -1.51. The van der Waals surface area contributed by atoms with Gasteiger partial charge in [0, 0.05) is 12.1 Å². The van der Waals surface area contributed by atoms with Gasteiger partial charge in [0.2, 0.25) is 5.91 Å². The fourth-order valence-corrected chi connectivity index (χ4v) is 2.11. The van der Waals surface area contributed by atoms with E-state index in [4.69, 9.17) is 4.74 Å². The minimum atomic E-state index is -0.331. The Morgan fingerprint density at radius 3 is 2.69 bits per heavy atom. The fraction of sp³-hybridized carbons (Fsp3) is 0.462. The molecule has 1 saturated carbocycles. The van der Waals surface area contributed by atoms with Crippen molar-refractivity contribution < 1.29 is 9.53 Å². The second-order valence-electron chi connectivity index (χ2n) is 4.14. The van der Waals surface area contributed by atoms with Crippen molar-refractivity contribution in [2.75, 3.05) is 13.7 Å². The van der Waals surface area contributed by atoms with E-state index in [2.05, 4.69) is 5.32 Å². The van der Waals surface area contributed by atoms with Crippen LogP contribution in [-0.2, 0) is 10.2 Å². The molecule has 1 fully saturated rings. The van der Waals surface area contributed by atoms with E-state index in [-0.39, 0.29) is 11.3 Å². The van der Waals surface area contributed by atoms with Crippen LogP contribution in [0.5, 0.6) is 5.75 Å². The molecule has 1 aliphatic carbocycles. The van der Waals surface area contributed by atoms with Crippen molar-refractivity contribution in [1.82, 2.24) is 5.32 Å². The maximum absolute atomic E-state index is 12.0. The van der Waals surface area contributed by atoms with Gasteiger partial charge in [-0.15, -0.1) is 0 Å². The number of benzene rings is 1. The van der Waals surface area contributed by atoms with E-state index in [0.29, 0.717) is 6.54 Å². The SMILES string of the molecule is CCNC(=O)C1(c2ccccc2OC)CC1. The van der Waals surface area contributed by atoms with Crippen LogP contribution in [0.1, 0.15) is 25.3 Å². The monoisotopic (exact) mass is 219 g/mol. The van der Waals surface area contributed by atoms with E-state index in [9.17, 15) is 4.79 Å². The fourth-order valence-electron chi connectivity index (χ4n) is 2.11. The molecule has 1 amide bonds. The van der Waals surface area contributed by atoms with Crippen LogP contribution in [0, 0.1) is 0 Å². The first-order chi connectivity index (χ1) is 7.74. The minimum Gasteiger partial charge on any atom is -0.496 e. The smallest absolute Gasteiger partial charge is 0.230 e. The van der Waals surface area contributed by atoms with Gasteiger partial charge in [-0.2, -0.15) is 0 Å². The number of hydrogen-bond donors (Lipinski definition) is 1. The molecule has 0 saturated heterocycles. The van der Waals surface area contributed by atoms with Gasteiger partial charge in [0.1, 0.15) is 5.75 Å². The van der Waals surface area contributed by atoms with Crippen LogP contribution >= 0.6 is 0 Å². The van der Waals surface area contributed by atoms with Crippen molar-refractivity contribution in [3.8, 4) is 5.75 Å². The van der Waals surface area contributed by atoms with Gasteiger partial charge in [-0.05, 0) is 25.8 Å². The van der Waals surface area contributed by atoms with E-state index in [1.807, 2.05) is 31.2 Å². The van der Waals surface area contributed by atoms with Gasteiger partial charge in [-0.25, -0.2) is 0 Å². The molecule has 0 heterocycles. The highest BCUT2D eigenvalue weighted by atomic mass is 16.5. The zero-order valence-corrected chi connectivity index (χ0v) is 9.75. The first kappa shape index (κ1) is 11.0. The topological polar surface area (TPSA) is 38.3 Å². The van der Waals surface area contributed by atoms with Gasteiger partial charge >= 0.3 is 0 Å². The summed E-state index contributed by atoms with van der Waals surface area (Å²) < 4.78 is 5.32. The second kappa shape index (κ2) is 4.16. The molecule has 86 valence electrons. The molecular formula is C13H17NO2. The Kier molecular flexibility index (Phi) is 2.86. The largest absolute Gasteiger partial charge is 0.496 e. The highest BCUT2D eigenvalue weighted by Crippen LogP contribution is 2.51. The van der Waals surface area contributed by atoms with Crippen LogP contribution in [0.2, 0.25) is 0 Å². The van der Waals surface area contributed by atoms with Crippen LogP contribution in [-0.4, -0.2) is 19.6 Å². The van der Waals surface area contributed by atoms with E-state index in [0.717, 1.165) is 24.2 Å². The van der Waals surface area contributed by atoms with Crippen molar-refractivity contribution in [2.45, 2.75) is 25.2 Å². The quantitative estimate of drug-likeness (QED) is 0.839. The summed E-state index contributed by atoms with van der Waals surface area (Å²) in [6, 6.07) is 7.78. The lowest BCUT2D eigenvalue weighted by molar-refractivity contribution is -0.123. The number of likely N-dealkylation sites (N-methyl/N-ethyl adjacent to an activating group) is 1. The van der Waals surface area contributed by atoms with Gasteiger partial charge < -0.3 is 10.1 Å². The predicted molar refractivity (Wildman–Crippen MR) is 62.6 cm³/mol. The highest BCUT2D eigenvalue weighted by Gasteiger charge is 2.52. The standard InChI is InChI=1S/C13H17NO2/c1-3-14-12(15)13(8-9-13)10-6-4-5-7-11(10)16-2/h4-7H,3,8-9H2,1-2H3,(H,14,15). The van der Waals surface area contributed by atoms with E-state index >= 15 is 0 Å². The summed E-state index contributed by atoms with van der Waals surface area (Å²) in [5, 5.41) is 2.90. The Bertz CT molecular complexity index is 397. The Morgan fingerprint density at radius 2 is 2.12 bits per heavy atom. The van der Waals surface area contributed by atoms with E-state index in [1.165, 1.54) is 0 Å². The second-order valence-corrected chi connectivity index (χ2v) is 4.14. The van der Waals surface area contributed by atoms with Crippen molar-refractivity contribution in [2.24, 2.45) is 0 Å². The van der Waals surface area contributed by atoms with E-state index < -0.39 is 0 Å². The summed E-state index contributed by atoms with van der Waals surface area (Å²) in [4.78, 5) is 12.0. The number of carbonyl (C=O) groups is 1. The van der Waals surface area contributed by atoms with Gasteiger partial charge in [0.25, 0.3) is 0 Å². The number of carbonyl (C=O) groups excluding carboxylic acids is 1. The summed E-state index contributed by atoms with van der Waals surface area (Å²) in [7, 11) is 1.65. The average Bonchev–Trinajstić information content (AvgIpc) is 3.10. The molecule has 3 heteroatoms. The molecule has 0 unspecified atom stereocenters. The van der Waals surface area contributed by atoms with Crippen molar-refractivity contribution in [3.05, 3.63) is 29.8 Å². The van der Waals surface area contributed by atoms with Gasteiger partial charge in [0.15, 0.2) is 0 Å². The molecule has 2 rings (SSSR count). The molecule has 0 atom stereocenters. The minimum absolute atomic E-state index is 0.125. The maximum Gasteiger partial charge on any atom is 0.230 e. The van der Waals surface area contributed by atoms with Crippen LogP contribution < -0.4 is 10.1 Å². The molecule has 0 radical (unpaired) electrons. The molecule has 0 bridgehead atoms. The normalized spacial score (nSPS) is 16.6. The lowest BCUT2D eigenvalue weighted by atomic mass is 9.94. The number of amides is 1. The van der Waals surface area contributed by atoms with Crippen molar-refractivity contribution in [3.63, 3.8) is 0 Å². The molecule has 0 spiro atoms. The third-order valence-corrected chi connectivity index (χ3v) is 3.14. The Morgan fingerprint density at radius 1 is 1.44 bits per heavy atom. The van der Waals surface area contributed by atoms with E-state index in [1.54, 1.807) is 7.11 Å². The summed E-state index contributed by atoms with van der Waals surface area (Å²) in [6.07, 6.45) is 1.83. The molecule has 3 nitrogen and oxygen atoms in total. The zero-order valence-electron chi connectivity index (χ0n) is 9.75. The third-order valence-electron chi connectivity index (χ3n) is 3.14. The summed E-state index contributed by atoms with van der Waals surface area (Å²) >= 11 is 0. The number of rotatable bonds is 4. The Balaban J connectivity index is 2.33. The van der Waals surface area contributed by atoms with Crippen molar-refractivity contribution >= 4 is 5.91 Å². The zero-order chi connectivity index (χ0) is 11.6. The summed E-state index contributed by atoms with van der Waals surface area (Å²) in [5.41, 5.74) is 0.686. The molecule has 0 aliphatic heterocycles. The van der Waals surface area contributed by atoms with Crippen LogP contribution in [0.25, 0.3) is 0 Å². The number of nitrogens with one attached hydrogen (secondary N) is 1. The molecule has 16 heavy (non-hydrogen) atoms. The first-order valence-corrected chi connectivity index (χ1v) is 5.66. The number of ether oxygens (including phenoxy) is 1. The molecule has 1 aliphatic rings. The van der Waals surface area contributed by atoms with Gasteiger partial charge in [-0.1, -0.05) is 18.2 Å². The van der Waals surface area contributed by atoms with Crippen LogP contribution in [0.15, 0.2) is 24.3 Å². The highest BCUT2D eigenvalue weighted by molar-refractivity contribution is 5.92. The van der Waals surface area contributed by atoms with Gasteiger partial charge in [-0.3, -0.25) is 4.79 Å². The predicted octanol–water partition coefficient (Wildman–Crippen LogP) is 1.86. The Labute approximate surface area is 95.8 Å². The van der Waals surface area contributed by atoms with Crippen LogP contribution in [0.4, 0.5) is 0 Å². The number of methoxy groups -OCH3 is 1. The summed E-state index contributed by atoms with van der Waals surface area (Å²) in [5.74, 6) is 0.936. The molecule has 1 aromatic carbocycles. The lowest BCUT2D eigenvalue weighted by Crippen LogP contribution is -2.34. The molecule has 0 aromatic heterocycles. The first-order valence-electron chi connectivity index (χ1n) is 5.66. The van der Waals surface area contributed by atoms with Crippen molar-refractivity contribution in [1.29, 1.82) is 0 Å². The number of hydrogen-bond acceptors (Lipinski definition) is 2. The average molecular weight is 219 g/mol. The molecular weight excluding hydrogens is 202 g/mol. The summed E-state index contributed by atoms with van der Waals surface area (Å²) in [6.45, 7) is 2.62. The molecule has 1 N–H and O–H groups in total.